The summed E-state index contributed by atoms with van der Waals surface area (Å²) in [5.41, 5.74) is 0. The molecule has 1 fully saturated rings. The summed E-state index contributed by atoms with van der Waals surface area (Å²) in [5, 5.41) is 3.00. The molecule has 1 aliphatic heterocycles. The Morgan fingerprint density at radius 2 is 2.20 bits per heavy atom. The summed E-state index contributed by atoms with van der Waals surface area (Å²) >= 11 is 1.63. The number of aromatic nitrogens is 1. The Morgan fingerprint density at radius 3 is 2.85 bits per heavy atom. The molecule has 0 bridgehead atoms. The Bertz CT molecular complexity index is 570. The van der Waals surface area contributed by atoms with E-state index in [1.807, 2.05) is 22.5 Å². The molecule has 3 heterocycles. The number of hydrogen-bond donors (Lipinski definition) is 0. The van der Waals surface area contributed by atoms with Crippen LogP contribution in [0.25, 0.3) is 6.08 Å². The topological polar surface area (TPSA) is 49.6 Å². The van der Waals surface area contributed by atoms with Crippen LogP contribution in [-0.2, 0) is 4.79 Å². The van der Waals surface area contributed by atoms with Crippen LogP contribution in [0, 0.1) is 0 Å². The highest BCUT2D eigenvalue weighted by molar-refractivity contribution is 7.13. The molecule has 1 aliphatic rings. The number of furan rings is 1. The summed E-state index contributed by atoms with van der Waals surface area (Å²) in [6.07, 6.45) is 6.67. The maximum Gasteiger partial charge on any atom is 0.246 e. The number of nitrogens with zero attached hydrogens (tertiary/aromatic N) is 3. The van der Waals surface area contributed by atoms with Crippen LogP contribution >= 0.6 is 11.3 Å². The number of piperazine rings is 1. The Labute approximate surface area is 121 Å². The minimum Gasteiger partial charge on any atom is -0.465 e. The molecule has 0 N–H and O–H groups in total. The second-order valence-electron chi connectivity index (χ2n) is 4.48. The van der Waals surface area contributed by atoms with Gasteiger partial charge in [0.15, 0.2) is 5.13 Å². The molecule has 20 heavy (non-hydrogen) atoms. The first-order valence-corrected chi connectivity index (χ1v) is 7.36. The maximum absolute atomic E-state index is 12.1. The summed E-state index contributed by atoms with van der Waals surface area (Å²) in [5.74, 6) is 0.722. The van der Waals surface area contributed by atoms with Gasteiger partial charge < -0.3 is 14.2 Å². The molecule has 0 saturated carbocycles. The standard InChI is InChI=1S/C14H15N3O2S/c18-13(4-3-12-2-1-10-19-12)16-6-8-17(9-7-16)14-15-5-11-20-14/h1-5,10-11H,6-9H2/b4-3+. The molecule has 0 aliphatic carbocycles. The van der Waals surface area contributed by atoms with E-state index in [-0.39, 0.29) is 5.91 Å². The first-order chi connectivity index (χ1) is 9.83. The molecule has 0 aromatic carbocycles. The molecule has 0 radical (unpaired) electrons. The van der Waals surface area contributed by atoms with Crippen LogP contribution in [0.5, 0.6) is 0 Å². The molecule has 5 nitrogen and oxygen atoms in total. The average molecular weight is 289 g/mol. The SMILES string of the molecule is O=C(/C=C/c1ccco1)N1CCN(c2nccs2)CC1. The monoisotopic (exact) mass is 289 g/mol. The van der Waals surface area contributed by atoms with E-state index in [1.54, 1.807) is 35.8 Å². The predicted octanol–water partition coefficient (Wildman–Crippen LogP) is 2.10. The lowest BCUT2D eigenvalue weighted by atomic mass is 10.3. The van der Waals surface area contributed by atoms with Crippen molar-refractivity contribution in [3.8, 4) is 0 Å². The lowest BCUT2D eigenvalue weighted by molar-refractivity contribution is -0.126. The van der Waals surface area contributed by atoms with Crippen LogP contribution in [0.3, 0.4) is 0 Å². The highest BCUT2D eigenvalue weighted by Crippen LogP contribution is 2.19. The molecular weight excluding hydrogens is 274 g/mol. The largest absolute Gasteiger partial charge is 0.465 e. The molecule has 104 valence electrons. The second-order valence-corrected chi connectivity index (χ2v) is 5.35. The van der Waals surface area contributed by atoms with Crippen molar-refractivity contribution in [2.75, 3.05) is 31.1 Å². The fourth-order valence-electron chi connectivity index (χ4n) is 2.14. The van der Waals surface area contributed by atoms with E-state index in [9.17, 15) is 4.79 Å². The van der Waals surface area contributed by atoms with Gasteiger partial charge in [0.2, 0.25) is 5.91 Å². The average Bonchev–Trinajstić information content (AvgIpc) is 3.18. The van der Waals surface area contributed by atoms with Gasteiger partial charge in [-0.25, -0.2) is 4.98 Å². The van der Waals surface area contributed by atoms with E-state index in [4.69, 9.17) is 4.42 Å². The van der Waals surface area contributed by atoms with Gasteiger partial charge in [0.25, 0.3) is 0 Å². The quantitative estimate of drug-likeness (QED) is 0.812. The van der Waals surface area contributed by atoms with E-state index in [1.165, 1.54) is 0 Å². The lowest BCUT2D eigenvalue weighted by Crippen LogP contribution is -2.48. The van der Waals surface area contributed by atoms with Crippen LogP contribution in [0.4, 0.5) is 5.13 Å². The van der Waals surface area contributed by atoms with Gasteiger partial charge in [-0.3, -0.25) is 4.79 Å². The van der Waals surface area contributed by atoms with Gasteiger partial charge in [-0.15, -0.1) is 11.3 Å². The Balaban J connectivity index is 1.54. The summed E-state index contributed by atoms with van der Waals surface area (Å²) in [4.78, 5) is 20.4. The fraction of sp³-hybridized carbons (Fsp3) is 0.286. The third kappa shape index (κ3) is 2.91. The summed E-state index contributed by atoms with van der Waals surface area (Å²) in [6.45, 7) is 3.10. The number of carbonyl (C=O) groups excluding carboxylic acids is 1. The fourth-order valence-corrected chi connectivity index (χ4v) is 2.83. The summed E-state index contributed by atoms with van der Waals surface area (Å²) in [7, 11) is 0. The van der Waals surface area contributed by atoms with E-state index in [2.05, 4.69) is 9.88 Å². The number of anilines is 1. The van der Waals surface area contributed by atoms with E-state index >= 15 is 0 Å². The highest BCUT2D eigenvalue weighted by atomic mass is 32.1. The van der Waals surface area contributed by atoms with Crippen molar-refractivity contribution < 1.29 is 9.21 Å². The van der Waals surface area contributed by atoms with Crippen LogP contribution in [-0.4, -0.2) is 42.0 Å². The van der Waals surface area contributed by atoms with Crippen molar-refractivity contribution >= 4 is 28.5 Å². The van der Waals surface area contributed by atoms with Crippen molar-refractivity contribution in [1.29, 1.82) is 0 Å². The molecule has 2 aromatic rings. The Hall–Kier alpha value is -2.08. The number of amides is 1. The molecule has 6 heteroatoms. The van der Waals surface area contributed by atoms with Gasteiger partial charge in [-0.2, -0.15) is 0 Å². The smallest absolute Gasteiger partial charge is 0.246 e. The molecule has 1 saturated heterocycles. The normalized spacial score (nSPS) is 16.0. The van der Waals surface area contributed by atoms with Crippen molar-refractivity contribution in [2.45, 2.75) is 0 Å². The molecule has 2 aromatic heterocycles. The van der Waals surface area contributed by atoms with Crippen molar-refractivity contribution in [3.63, 3.8) is 0 Å². The van der Waals surface area contributed by atoms with Gasteiger partial charge in [-0.1, -0.05) is 0 Å². The molecule has 0 spiro atoms. The summed E-state index contributed by atoms with van der Waals surface area (Å²) < 4.78 is 5.16. The Morgan fingerprint density at radius 1 is 1.35 bits per heavy atom. The van der Waals surface area contributed by atoms with Gasteiger partial charge in [0, 0.05) is 43.8 Å². The zero-order chi connectivity index (χ0) is 13.8. The first-order valence-electron chi connectivity index (χ1n) is 6.48. The molecular formula is C14H15N3O2S. The molecule has 0 unspecified atom stereocenters. The minimum atomic E-state index is 0.0280. The third-order valence-corrected chi connectivity index (χ3v) is 4.05. The first kappa shape index (κ1) is 12.9. The van der Waals surface area contributed by atoms with Gasteiger partial charge in [-0.05, 0) is 18.2 Å². The van der Waals surface area contributed by atoms with Crippen LogP contribution in [0.1, 0.15) is 5.76 Å². The van der Waals surface area contributed by atoms with Gasteiger partial charge in [0.1, 0.15) is 5.76 Å². The number of hydrogen-bond acceptors (Lipinski definition) is 5. The third-order valence-electron chi connectivity index (χ3n) is 3.21. The molecule has 1 amide bonds. The zero-order valence-corrected chi connectivity index (χ0v) is 11.8. The molecule has 0 atom stereocenters. The zero-order valence-electron chi connectivity index (χ0n) is 10.9. The number of rotatable bonds is 3. The minimum absolute atomic E-state index is 0.0280. The second kappa shape index (κ2) is 5.92. The lowest BCUT2D eigenvalue weighted by Gasteiger charge is -2.34. The van der Waals surface area contributed by atoms with Crippen LogP contribution in [0.15, 0.2) is 40.5 Å². The van der Waals surface area contributed by atoms with Crippen molar-refractivity contribution in [1.82, 2.24) is 9.88 Å². The van der Waals surface area contributed by atoms with Crippen molar-refractivity contribution in [3.05, 3.63) is 41.8 Å². The van der Waals surface area contributed by atoms with Gasteiger partial charge >= 0.3 is 0 Å². The van der Waals surface area contributed by atoms with Crippen LogP contribution in [0.2, 0.25) is 0 Å². The summed E-state index contributed by atoms with van der Waals surface area (Å²) in [6, 6.07) is 3.63. The van der Waals surface area contributed by atoms with Crippen molar-refractivity contribution in [2.24, 2.45) is 0 Å². The Kier molecular flexibility index (Phi) is 3.83. The number of carbonyl (C=O) groups is 1. The van der Waals surface area contributed by atoms with Crippen LogP contribution < -0.4 is 4.90 Å². The molecule has 3 rings (SSSR count). The predicted molar refractivity (Wildman–Crippen MR) is 78.6 cm³/mol. The van der Waals surface area contributed by atoms with E-state index in [0.29, 0.717) is 5.76 Å². The van der Waals surface area contributed by atoms with E-state index < -0.39 is 0 Å². The van der Waals surface area contributed by atoms with E-state index in [0.717, 1.165) is 31.3 Å². The van der Waals surface area contributed by atoms with Gasteiger partial charge in [0.05, 0.1) is 6.26 Å². The highest BCUT2D eigenvalue weighted by Gasteiger charge is 2.20. The maximum atomic E-state index is 12.1. The number of thiazole rings is 1.